The zero-order valence-corrected chi connectivity index (χ0v) is 9.98. The quantitative estimate of drug-likeness (QED) is 0.717. The standard InChI is InChI=1S/C13H21NO2/c1-3-4-8-11(15)12(14)10-7-5-6-9(2)13(10)16/h5-7,11-12,15-16H,3-4,8,14H2,1-2H3/t11-,12+/m1/s1. The van der Waals surface area contributed by atoms with Crippen LogP contribution in [0, 0.1) is 6.92 Å². The van der Waals surface area contributed by atoms with Crippen LogP contribution in [0.1, 0.15) is 43.4 Å². The summed E-state index contributed by atoms with van der Waals surface area (Å²) in [5.41, 5.74) is 7.35. The molecule has 2 atom stereocenters. The average molecular weight is 223 g/mol. The Labute approximate surface area is 96.9 Å². The monoisotopic (exact) mass is 223 g/mol. The van der Waals surface area contributed by atoms with Gasteiger partial charge in [-0.2, -0.15) is 0 Å². The Bertz CT molecular complexity index is 339. The van der Waals surface area contributed by atoms with E-state index in [1.807, 2.05) is 19.1 Å². The van der Waals surface area contributed by atoms with Gasteiger partial charge < -0.3 is 15.9 Å². The van der Waals surface area contributed by atoms with Gasteiger partial charge in [-0.05, 0) is 18.9 Å². The highest BCUT2D eigenvalue weighted by molar-refractivity contribution is 5.41. The van der Waals surface area contributed by atoms with Crippen LogP contribution in [0.4, 0.5) is 0 Å². The van der Waals surface area contributed by atoms with Crippen LogP contribution in [0.3, 0.4) is 0 Å². The number of phenolic OH excluding ortho intramolecular Hbond substituents is 1. The molecule has 0 aliphatic heterocycles. The maximum atomic E-state index is 9.88. The second kappa shape index (κ2) is 5.87. The Morgan fingerprint density at radius 3 is 2.69 bits per heavy atom. The molecule has 0 bridgehead atoms. The first-order valence-electron chi connectivity index (χ1n) is 5.80. The van der Waals surface area contributed by atoms with Crippen molar-refractivity contribution >= 4 is 0 Å². The lowest BCUT2D eigenvalue weighted by Gasteiger charge is -2.20. The Balaban J connectivity index is 2.79. The van der Waals surface area contributed by atoms with E-state index in [9.17, 15) is 10.2 Å². The molecular formula is C13H21NO2. The van der Waals surface area contributed by atoms with Crippen LogP contribution in [-0.4, -0.2) is 16.3 Å². The number of para-hydroxylation sites is 1. The molecule has 0 radical (unpaired) electrons. The Kier molecular flexibility index (Phi) is 4.77. The number of hydrogen-bond donors (Lipinski definition) is 3. The highest BCUT2D eigenvalue weighted by Gasteiger charge is 2.19. The van der Waals surface area contributed by atoms with E-state index in [2.05, 4.69) is 6.92 Å². The van der Waals surface area contributed by atoms with Crippen LogP contribution in [0.25, 0.3) is 0 Å². The number of hydrogen-bond acceptors (Lipinski definition) is 3. The maximum absolute atomic E-state index is 9.88. The Hall–Kier alpha value is -1.06. The summed E-state index contributed by atoms with van der Waals surface area (Å²) in [6.45, 7) is 3.90. The molecule has 1 aromatic rings. The molecule has 0 spiro atoms. The van der Waals surface area contributed by atoms with Gasteiger partial charge in [0, 0.05) is 5.56 Å². The number of aliphatic hydroxyl groups is 1. The molecular weight excluding hydrogens is 202 g/mol. The van der Waals surface area contributed by atoms with Crippen molar-refractivity contribution in [3.05, 3.63) is 29.3 Å². The van der Waals surface area contributed by atoms with Crippen LogP contribution in [0.15, 0.2) is 18.2 Å². The van der Waals surface area contributed by atoms with Gasteiger partial charge in [0.15, 0.2) is 0 Å². The van der Waals surface area contributed by atoms with Crippen molar-refractivity contribution in [2.45, 2.75) is 45.3 Å². The number of phenols is 1. The zero-order valence-electron chi connectivity index (χ0n) is 9.98. The molecule has 0 unspecified atom stereocenters. The largest absolute Gasteiger partial charge is 0.507 e. The molecule has 0 aliphatic carbocycles. The minimum Gasteiger partial charge on any atom is -0.507 e. The van der Waals surface area contributed by atoms with E-state index in [1.165, 1.54) is 0 Å². The molecule has 3 nitrogen and oxygen atoms in total. The normalized spacial score (nSPS) is 14.8. The topological polar surface area (TPSA) is 66.5 Å². The van der Waals surface area contributed by atoms with E-state index in [0.717, 1.165) is 18.4 Å². The molecule has 1 aromatic carbocycles. The van der Waals surface area contributed by atoms with Crippen molar-refractivity contribution < 1.29 is 10.2 Å². The highest BCUT2D eigenvalue weighted by Crippen LogP contribution is 2.29. The molecule has 16 heavy (non-hydrogen) atoms. The lowest BCUT2D eigenvalue weighted by molar-refractivity contribution is 0.131. The van der Waals surface area contributed by atoms with E-state index in [4.69, 9.17) is 5.73 Å². The summed E-state index contributed by atoms with van der Waals surface area (Å²) in [7, 11) is 0. The van der Waals surface area contributed by atoms with E-state index in [0.29, 0.717) is 12.0 Å². The Morgan fingerprint density at radius 2 is 2.06 bits per heavy atom. The fourth-order valence-electron chi connectivity index (χ4n) is 1.75. The van der Waals surface area contributed by atoms with Crippen molar-refractivity contribution in [1.29, 1.82) is 0 Å². The van der Waals surface area contributed by atoms with Gasteiger partial charge >= 0.3 is 0 Å². The molecule has 1 rings (SSSR count). The predicted molar refractivity (Wildman–Crippen MR) is 65.3 cm³/mol. The van der Waals surface area contributed by atoms with Gasteiger partial charge in [-0.15, -0.1) is 0 Å². The van der Waals surface area contributed by atoms with Crippen molar-refractivity contribution in [2.24, 2.45) is 5.73 Å². The molecule has 3 heteroatoms. The molecule has 0 aromatic heterocycles. The van der Waals surface area contributed by atoms with Crippen LogP contribution >= 0.6 is 0 Å². The van der Waals surface area contributed by atoms with Gasteiger partial charge in [0.2, 0.25) is 0 Å². The summed E-state index contributed by atoms with van der Waals surface area (Å²) < 4.78 is 0. The summed E-state index contributed by atoms with van der Waals surface area (Å²) in [4.78, 5) is 0. The minimum atomic E-state index is -0.590. The van der Waals surface area contributed by atoms with Crippen LogP contribution < -0.4 is 5.73 Å². The van der Waals surface area contributed by atoms with Gasteiger partial charge in [-0.25, -0.2) is 0 Å². The number of nitrogens with two attached hydrogens (primary N) is 1. The third kappa shape index (κ3) is 2.97. The molecule has 0 fully saturated rings. The third-order valence-electron chi connectivity index (χ3n) is 2.90. The molecule has 0 saturated heterocycles. The summed E-state index contributed by atoms with van der Waals surface area (Å²) in [5.74, 6) is 0.200. The fraction of sp³-hybridized carbons (Fsp3) is 0.538. The SMILES string of the molecule is CCCC[C@@H](O)[C@@H](N)c1cccc(C)c1O. The molecule has 0 heterocycles. The number of aliphatic hydroxyl groups excluding tert-OH is 1. The summed E-state index contributed by atoms with van der Waals surface area (Å²) in [6, 6.07) is 4.93. The predicted octanol–water partition coefficient (Wildman–Crippen LogP) is 2.25. The van der Waals surface area contributed by atoms with Crippen LogP contribution in [-0.2, 0) is 0 Å². The lowest BCUT2D eigenvalue weighted by Crippen LogP contribution is -2.26. The molecule has 0 amide bonds. The fourth-order valence-corrected chi connectivity index (χ4v) is 1.75. The molecule has 4 N–H and O–H groups in total. The minimum absolute atomic E-state index is 0.200. The first-order chi connectivity index (χ1) is 7.57. The lowest BCUT2D eigenvalue weighted by atomic mass is 9.96. The summed E-state index contributed by atoms with van der Waals surface area (Å²) in [5, 5.41) is 19.7. The van der Waals surface area contributed by atoms with Gasteiger partial charge in [0.25, 0.3) is 0 Å². The summed E-state index contributed by atoms with van der Waals surface area (Å²) in [6.07, 6.45) is 2.06. The second-order valence-electron chi connectivity index (χ2n) is 4.25. The number of unbranched alkanes of at least 4 members (excludes halogenated alkanes) is 1. The number of benzene rings is 1. The molecule has 90 valence electrons. The molecule has 0 aliphatic rings. The van der Waals surface area contributed by atoms with E-state index >= 15 is 0 Å². The van der Waals surface area contributed by atoms with Crippen molar-refractivity contribution in [3.63, 3.8) is 0 Å². The van der Waals surface area contributed by atoms with Crippen LogP contribution in [0.5, 0.6) is 5.75 Å². The van der Waals surface area contributed by atoms with Crippen molar-refractivity contribution in [1.82, 2.24) is 0 Å². The average Bonchev–Trinajstić information content (AvgIpc) is 2.28. The number of aromatic hydroxyl groups is 1. The van der Waals surface area contributed by atoms with E-state index in [-0.39, 0.29) is 5.75 Å². The first kappa shape index (κ1) is 13.0. The Morgan fingerprint density at radius 1 is 1.38 bits per heavy atom. The van der Waals surface area contributed by atoms with Gasteiger partial charge in [0.1, 0.15) is 5.75 Å². The maximum Gasteiger partial charge on any atom is 0.123 e. The van der Waals surface area contributed by atoms with Crippen molar-refractivity contribution in [3.8, 4) is 5.75 Å². The van der Waals surface area contributed by atoms with Gasteiger partial charge in [-0.3, -0.25) is 0 Å². The van der Waals surface area contributed by atoms with E-state index < -0.39 is 12.1 Å². The van der Waals surface area contributed by atoms with Crippen LogP contribution in [0.2, 0.25) is 0 Å². The molecule has 0 saturated carbocycles. The van der Waals surface area contributed by atoms with Gasteiger partial charge in [-0.1, -0.05) is 38.0 Å². The van der Waals surface area contributed by atoms with E-state index in [1.54, 1.807) is 6.07 Å². The number of rotatable bonds is 5. The smallest absolute Gasteiger partial charge is 0.123 e. The second-order valence-corrected chi connectivity index (χ2v) is 4.25. The zero-order chi connectivity index (χ0) is 12.1. The van der Waals surface area contributed by atoms with Gasteiger partial charge in [0.05, 0.1) is 12.1 Å². The third-order valence-corrected chi connectivity index (χ3v) is 2.90. The summed E-state index contributed by atoms with van der Waals surface area (Å²) >= 11 is 0. The van der Waals surface area contributed by atoms with Crippen molar-refractivity contribution in [2.75, 3.05) is 0 Å². The number of aryl methyl sites for hydroxylation is 1. The highest BCUT2D eigenvalue weighted by atomic mass is 16.3. The first-order valence-corrected chi connectivity index (χ1v) is 5.80.